The maximum atomic E-state index is 12.8. The lowest BCUT2D eigenvalue weighted by Gasteiger charge is -2.17. The Bertz CT molecular complexity index is 1180. The van der Waals surface area contributed by atoms with Gasteiger partial charge in [-0.3, -0.25) is 9.89 Å². The van der Waals surface area contributed by atoms with Crippen molar-refractivity contribution in [3.8, 4) is 11.3 Å². The Kier molecular flexibility index (Phi) is 6.63. The monoisotopic (exact) mass is 430 g/mol. The summed E-state index contributed by atoms with van der Waals surface area (Å²) in [5, 5.41) is 12.8. The van der Waals surface area contributed by atoms with Gasteiger partial charge in [0.05, 0.1) is 17.5 Å². The van der Waals surface area contributed by atoms with Gasteiger partial charge in [0, 0.05) is 42.5 Å². The molecule has 0 spiro atoms. The Morgan fingerprint density at radius 2 is 1.91 bits per heavy atom. The van der Waals surface area contributed by atoms with Crippen molar-refractivity contribution in [2.24, 2.45) is 0 Å². The minimum atomic E-state index is -0.00207. The number of amides is 1. The number of aryl methyl sites for hydroxylation is 1. The maximum Gasteiger partial charge on any atom is 0.255 e. The molecule has 4 aromatic rings. The smallest absolute Gasteiger partial charge is 0.255 e. The molecule has 3 aromatic heterocycles. The number of carbonyl (C=O) groups excluding carboxylic acids is 1. The standard InChI is InChI=1S/C25H30N6O/c1-18(2)31-24-20(17-27-31)14-21(16-26-24)25(32)30(3)13-9-5-8-12-22-15-23(29-28-22)19-10-6-4-7-11-19/h4,6-7,10-11,14-18H,5,8-9,12-13H2,1-3H3,(H,28,29). The number of unbranched alkanes of at least 4 members (excludes halogenated alkanes) is 2. The number of aromatic nitrogens is 5. The van der Waals surface area contributed by atoms with E-state index in [0.717, 1.165) is 60.2 Å². The van der Waals surface area contributed by atoms with Gasteiger partial charge >= 0.3 is 0 Å². The molecule has 0 saturated carbocycles. The van der Waals surface area contributed by atoms with E-state index in [1.54, 1.807) is 17.3 Å². The zero-order valence-electron chi connectivity index (χ0n) is 19.0. The number of fused-ring (bicyclic) bond motifs is 1. The van der Waals surface area contributed by atoms with E-state index in [0.29, 0.717) is 5.56 Å². The number of hydrogen-bond donors (Lipinski definition) is 1. The summed E-state index contributed by atoms with van der Waals surface area (Å²) in [6, 6.07) is 14.4. The molecule has 7 nitrogen and oxygen atoms in total. The van der Waals surface area contributed by atoms with Crippen LogP contribution in [-0.4, -0.2) is 49.4 Å². The Labute approximate surface area is 188 Å². The van der Waals surface area contributed by atoms with E-state index in [-0.39, 0.29) is 11.9 Å². The highest BCUT2D eigenvalue weighted by Crippen LogP contribution is 2.19. The highest BCUT2D eigenvalue weighted by molar-refractivity contribution is 5.96. The third kappa shape index (κ3) is 4.88. The van der Waals surface area contributed by atoms with Crippen molar-refractivity contribution in [3.63, 3.8) is 0 Å². The molecule has 0 bridgehead atoms. The molecule has 4 rings (SSSR count). The van der Waals surface area contributed by atoms with Crippen LogP contribution in [0.3, 0.4) is 0 Å². The van der Waals surface area contributed by atoms with E-state index < -0.39 is 0 Å². The van der Waals surface area contributed by atoms with Gasteiger partial charge in [0.1, 0.15) is 0 Å². The molecule has 0 fully saturated rings. The predicted molar refractivity (Wildman–Crippen MR) is 126 cm³/mol. The Hall–Kier alpha value is -3.48. The van der Waals surface area contributed by atoms with Crippen molar-refractivity contribution < 1.29 is 4.79 Å². The summed E-state index contributed by atoms with van der Waals surface area (Å²) in [6.07, 6.45) is 7.46. The first-order chi connectivity index (χ1) is 15.5. The molecule has 0 aliphatic rings. The van der Waals surface area contributed by atoms with E-state index in [4.69, 9.17) is 0 Å². The first-order valence-electron chi connectivity index (χ1n) is 11.2. The highest BCUT2D eigenvalue weighted by Gasteiger charge is 2.15. The Balaban J connectivity index is 1.24. The lowest BCUT2D eigenvalue weighted by atomic mass is 10.1. The molecule has 1 N–H and O–H groups in total. The summed E-state index contributed by atoms with van der Waals surface area (Å²) in [4.78, 5) is 19.1. The minimum Gasteiger partial charge on any atom is -0.342 e. The second kappa shape index (κ2) is 9.77. The Morgan fingerprint density at radius 1 is 1.09 bits per heavy atom. The maximum absolute atomic E-state index is 12.8. The first-order valence-corrected chi connectivity index (χ1v) is 11.2. The fourth-order valence-electron chi connectivity index (χ4n) is 3.84. The number of hydrogen-bond acceptors (Lipinski definition) is 4. The number of nitrogens with zero attached hydrogens (tertiary/aromatic N) is 5. The molecular weight excluding hydrogens is 400 g/mol. The number of H-pyrrole nitrogens is 1. The average Bonchev–Trinajstić information content (AvgIpc) is 3.45. The largest absolute Gasteiger partial charge is 0.342 e. The van der Waals surface area contributed by atoms with Crippen LogP contribution in [0.1, 0.15) is 55.2 Å². The van der Waals surface area contributed by atoms with Crippen LogP contribution in [0.2, 0.25) is 0 Å². The lowest BCUT2D eigenvalue weighted by Crippen LogP contribution is -2.27. The fraction of sp³-hybridized carbons (Fsp3) is 0.360. The number of benzene rings is 1. The lowest BCUT2D eigenvalue weighted by molar-refractivity contribution is 0.0792. The third-order valence-electron chi connectivity index (χ3n) is 5.66. The van der Waals surface area contributed by atoms with Gasteiger partial charge in [0.2, 0.25) is 0 Å². The summed E-state index contributed by atoms with van der Waals surface area (Å²) in [5.74, 6) is -0.00207. The van der Waals surface area contributed by atoms with Crippen LogP contribution >= 0.6 is 0 Å². The molecule has 3 heterocycles. The van der Waals surface area contributed by atoms with Gasteiger partial charge in [-0.2, -0.15) is 10.2 Å². The quantitative estimate of drug-likeness (QED) is 0.384. The summed E-state index contributed by atoms with van der Waals surface area (Å²) in [6.45, 7) is 4.85. The molecule has 0 radical (unpaired) electrons. The second-order valence-electron chi connectivity index (χ2n) is 8.50. The fourth-order valence-corrected chi connectivity index (χ4v) is 3.84. The highest BCUT2D eigenvalue weighted by atomic mass is 16.2. The molecule has 166 valence electrons. The van der Waals surface area contributed by atoms with Crippen molar-refractivity contribution in [1.82, 2.24) is 29.9 Å². The number of rotatable bonds is 9. The minimum absolute atomic E-state index is 0.00207. The van der Waals surface area contributed by atoms with Gasteiger partial charge < -0.3 is 4.90 Å². The van der Waals surface area contributed by atoms with E-state index in [1.807, 2.05) is 36.0 Å². The summed E-state index contributed by atoms with van der Waals surface area (Å²) in [7, 11) is 1.85. The molecule has 1 aromatic carbocycles. The van der Waals surface area contributed by atoms with E-state index in [9.17, 15) is 4.79 Å². The van der Waals surface area contributed by atoms with Gasteiger partial charge in [-0.15, -0.1) is 0 Å². The van der Waals surface area contributed by atoms with Crippen molar-refractivity contribution in [3.05, 3.63) is 66.1 Å². The molecule has 0 saturated heterocycles. The molecule has 0 unspecified atom stereocenters. The van der Waals surface area contributed by atoms with Crippen molar-refractivity contribution in [2.45, 2.75) is 45.6 Å². The average molecular weight is 431 g/mol. The van der Waals surface area contributed by atoms with Gasteiger partial charge in [-0.25, -0.2) is 9.67 Å². The Morgan fingerprint density at radius 3 is 2.69 bits per heavy atom. The van der Waals surface area contributed by atoms with Gasteiger partial charge in [-0.05, 0) is 45.2 Å². The van der Waals surface area contributed by atoms with Crippen LogP contribution in [0.5, 0.6) is 0 Å². The number of carbonyl (C=O) groups is 1. The third-order valence-corrected chi connectivity index (χ3v) is 5.66. The molecule has 1 amide bonds. The summed E-state index contributed by atoms with van der Waals surface area (Å²) in [5.41, 5.74) is 4.67. The normalized spacial score (nSPS) is 11.4. The predicted octanol–water partition coefficient (Wildman–Crippen LogP) is 4.89. The molecule has 0 atom stereocenters. The van der Waals surface area contributed by atoms with Crippen LogP contribution in [0.15, 0.2) is 54.9 Å². The van der Waals surface area contributed by atoms with Crippen LogP contribution in [-0.2, 0) is 6.42 Å². The van der Waals surface area contributed by atoms with Crippen LogP contribution in [0.4, 0.5) is 0 Å². The van der Waals surface area contributed by atoms with Crippen molar-refractivity contribution in [1.29, 1.82) is 0 Å². The molecule has 0 aliphatic carbocycles. The van der Waals surface area contributed by atoms with Crippen LogP contribution in [0, 0.1) is 0 Å². The van der Waals surface area contributed by atoms with Crippen LogP contribution < -0.4 is 0 Å². The first kappa shape index (κ1) is 21.7. The van der Waals surface area contributed by atoms with Gasteiger partial charge in [-0.1, -0.05) is 36.8 Å². The number of pyridine rings is 1. The molecular formula is C25H30N6O. The van der Waals surface area contributed by atoms with Gasteiger partial charge in [0.25, 0.3) is 5.91 Å². The zero-order chi connectivity index (χ0) is 22.5. The van der Waals surface area contributed by atoms with E-state index in [1.165, 1.54) is 0 Å². The van der Waals surface area contributed by atoms with E-state index >= 15 is 0 Å². The molecule has 7 heteroatoms. The molecule has 0 aliphatic heterocycles. The van der Waals surface area contributed by atoms with Crippen LogP contribution in [0.25, 0.3) is 22.3 Å². The number of nitrogens with one attached hydrogen (secondary N) is 1. The van der Waals surface area contributed by atoms with Crippen molar-refractivity contribution >= 4 is 16.9 Å². The molecule has 32 heavy (non-hydrogen) atoms. The summed E-state index contributed by atoms with van der Waals surface area (Å²) < 4.78 is 1.87. The topological polar surface area (TPSA) is 79.7 Å². The van der Waals surface area contributed by atoms with E-state index in [2.05, 4.69) is 52.3 Å². The van der Waals surface area contributed by atoms with Gasteiger partial charge in [0.15, 0.2) is 5.65 Å². The SMILES string of the molecule is CC(C)n1ncc2cc(C(=O)N(C)CCCCCc3cc(-c4ccccc4)n[nH]3)cnc21. The zero-order valence-corrected chi connectivity index (χ0v) is 19.0. The van der Waals surface area contributed by atoms with Crippen molar-refractivity contribution in [2.75, 3.05) is 13.6 Å². The summed E-state index contributed by atoms with van der Waals surface area (Å²) >= 11 is 0. The second-order valence-corrected chi connectivity index (χ2v) is 8.50. The number of aromatic amines is 1.